The number of nitrogens with one attached hydrogen (secondary N) is 1. The standard InChI is InChI=1S/C18H19N5O2/c24-18(19-11-5-8-15-6-2-1-3-7-15)13-25-17-10-4-9-16(12-17)23-14-20-21-22-23/h1-4,6-7,9-10,12,14H,5,8,11,13H2,(H,19,24). The van der Waals surface area contributed by atoms with Crippen molar-refractivity contribution in [3.63, 3.8) is 0 Å². The van der Waals surface area contributed by atoms with Gasteiger partial charge in [-0.15, -0.1) is 5.10 Å². The van der Waals surface area contributed by atoms with Gasteiger partial charge in [0.25, 0.3) is 5.91 Å². The third-order valence-corrected chi connectivity index (χ3v) is 3.61. The van der Waals surface area contributed by atoms with E-state index in [1.165, 1.54) is 16.6 Å². The molecule has 1 amide bonds. The van der Waals surface area contributed by atoms with Crippen LogP contribution in [-0.4, -0.2) is 39.3 Å². The van der Waals surface area contributed by atoms with E-state index < -0.39 is 0 Å². The van der Waals surface area contributed by atoms with Gasteiger partial charge in [0.05, 0.1) is 5.69 Å². The van der Waals surface area contributed by atoms with Crippen molar-refractivity contribution in [1.29, 1.82) is 0 Å². The summed E-state index contributed by atoms with van der Waals surface area (Å²) in [6, 6.07) is 17.4. The summed E-state index contributed by atoms with van der Waals surface area (Å²) in [5.41, 5.74) is 2.04. The first-order valence-corrected chi connectivity index (χ1v) is 8.08. The molecule has 0 unspecified atom stereocenters. The van der Waals surface area contributed by atoms with Crippen LogP contribution in [0, 0.1) is 0 Å². The van der Waals surface area contributed by atoms with Crippen LogP contribution in [0.1, 0.15) is 12.0 Å². The van der Waals surface area contributed by atoms with Crippen molar-refractivity contribution in [3.8, 4) is 11.4 Å². The number of hydrogen-bond donors (Lipinski definition) is 1. The molecule has 3 aromatic rings. The second kappa shape index (κ2) is 8.58. The van der Waals surface area contributed by atoms with Crippen molar-refractivity contribution in [2.24, 2.45) is 0 Å². The summed E-state index contributed by atoms with van der Waals surface area (Å²) in [6.07, 6.45) is 3.33. The Morgan fingerprint density at radius 1 is 1.12 bits per heavy atom. The molecule has 7 heteroatoms. The highest BCUT2D eigenvalue weighted by Crippen LogP contribution is 2.15. The highest BCUT2D eigenvalue weighted by Gasteiger charge is 2.04. The molecular formula is C18H19N5O2. The topological polar surface area (TPSA) is 81.9 Å². The fourth-order valence-electron chi connectivity index (χ4n) is 2.36. The molecule has 0 radical (unpaired) electrons. The molecule has 0 aliphatic carbocycles. The second-order valence-electron chi connectivity index (χ2n) is 5.48. The highest BCUT2D eigenvalue weighted by atomic mass is 16.5. The zero-order valence-corrected chi connectivity index (χ0v) is 13.7. The molecule has 0 bridgehead atoms. The number of tetrazole rings is 1. The number of amides is 1. The Kier molecular flexibility index (Phi) is 5.71. The quantitative estimate of drug-likeness (QED) is 0.634. The van der Waals surface area contributed by atoms with Crippen molar-refractivity contribution < 1.29 is 9.53 Å². The lowest BCUT2D eigenvalue weighted by molar-refractivity contribution is -0.123. The number of aromatic nitrogens is 4. The molecular weight excluding hydrogens is 318 g/mol. The average molecular weight is 337 g/mol. The molecule has 1 heterocycles. The number of benzene rings is 2. The van der Waals surface area contributed by atoms with Gasteiger partial charge >= 0.3 is 0 Å². The minimum absolute atomic E-state index is 0.0234. The highest BCUT2D eigenvalue weighted by molar-refractivity contribution is 5.77. The minimum atomic E-state index is -0.138. The lowest BCUT2D eigenvalue weighted by Crippen LogP contribution is -2.29. The lowest BCUT2D eigenvalue weighted by Gasteiger charge is -2.08. The van der Waals surface area contributed by atoms with Gasteiger partial charge in [-0.1, -0.05) is 36.4 Å². The van der Waals surface area contributed by atoms with E-state index in [0.29, 0.717) is 12.3 Å². The Balaban J connectivity index is 1.39. The van der Waals surface area contributed by atoms with Crippen LogP contribution in [0.15, 0.2) is 60.9 Å². The Morgan fingerprint density at radius 2 is 2.00 bits per heavy atom. The summed E-state index contributed by atoms with van der Waals surface area (Å²) in [5.74, 6) is 0.452. The van der Waals surface area contributed by atoms with Crippen LogP contribution in [0.4, 0.5) is 0 Å². The van der Waals surface area contributed by atoms with Gasteiger partial charge in [-0.3, -0.25) is 4.79 Å². The molecule has 2 aromatic carbocycles. The molecule has 1 N–H and O–H groups in total. The maximum absolute atomic E-state index is 11.9. The van der Waals surface area contributed by atoms with Gasteiger partial charge in [0.2, 0.25) is 0 Å². The number of aryl methyl sites for hydroxylation is 1. The summed E-state index contributed by atoms with van der Waals surface area (Å²) in [6.45, 7) is 0.603. The normalized spacial score (nSPS) is 10.4. The van der Waals surface area contributed by atoms with Crippen LogP contribution >= 0.6 is 0 Å². The van der Waals surface area contributed by atoms with E-state index in [1.807, 2.05) is 30.3 Å². The fourth-order valence-corrected chi connectivity index (χ4v) is 2.36. The number of ether oxygens (including phenoxy) is 1. The summed E-state index contributed by atoms with van der Waals surface area (Å²) in [4.78, 5) is 11.9. The van der Waals surface area contributed by atoms with Crippen molar-refractivity contribution in [2.45, 2.75) is 12.8 Å². The van der Waals surface area contributed by atoms with Gasteiger partial charge in [-0.05, 0) is 41.0 Å². The van der Waals surface area contributed by atoms with Crippen LogP contribution < -0.4 is 10.1 Å². The van der Waals surface area contributed by atoms with E-state index in [1.54, 1.807) is 12.1 Å². The van der Waals surface area contributed by atoms with Gasteiger partial charge in [-0.25, -0.2) is 4.68 Å². The minimum Gasteiger partial charge on any atom is -0.484 e. The maximum Gasteiger partial charge on any atom is 0.257 e. The third kappa shape index (κ3) is 5.13. The SMILES string of the molecule is O=C(COc1cccc(-n2cnnn2)c1)NCCCc1ccccc1. The Labute approximate surface area is 145 Å². The molecule has 1 aromatic heterocycles. The van der Waals surface area contributed by atoms with Gasteiger partial charge in [-0.2, -0.15) is 0 Å². The molecule has 3 rings (SSSR count). The molecule has 0 fully saturated rings. The predicted octanol–water partition coefficient (Wildman–Crippen LogP) is 1.79. The third-order valence-electron chi connectivity index (χ3n) is 3.61. The van der Waals surface area contributed by atoms with Crippen LogP contribution in [0.3, 0.4) is 0 Å². The van der Waals surface area contributed by atoms with Crippen LogP contribution in [0.2, 0.25) is 0 Å². The van der Waals surface area contributed by atoms with E-state index in [4.69, 9.17) is 4.74 Å². The largest absolute Gasteiger partial charge is 0.484 e. The molecule has 7 nitrogen and oxygen atoms in total. The van der Waals surface area contributed by atoms with E-state index in [0.717, 1.165) is 18.5 Å². The molecule has 128 valence electrons. The Morgan fingerprint density at radius 3 is 2.80 bits per heavy atom. The van der Waals surface area contributed by atoms with Crippen molar-refractivity contribution in [2.75, 3.05) is 13.2 Å². The fraction of sp³-hybridized carbons (Fsp3) is 0.222. The predicted molar refractivity (Wildman–Crippen MR) is 92.4 cm³/mol. The average Bonchev–Trinajstić information content (AvgIpc) is 3.19. The number of carbonyl (C=O) groups is 1. The molecule has 0 saturated carbocycles. The van der Waals surface area contributed by atoms with Crippen LogP contribution in [0.5, 0.6) is 5.75 Å². The van der Waals surface area contributed by atoms with E-state index >= 15 is 0 Å². The number of hydrogen-bond acceptors (Lipinski definition) is 5. The second-order valence-corrected chi connectivity index (χ2v) is 5.48. The van der Waals surface area contributed by atoms with Gasteiger partial charge < -0.3 is 10.1 Å². The summed E-state index contributed by atoms with van der Waals surface area (Å²) in [7, 11) is 0. The molecule has 0 saturated heterocycles. The van der Waals surface area contributed by atoms with Crippen molar-refractivity contribution >= 4 is 5.91 Å². The number of nitrogens with zero attached hydrogens (tertiary/aromatic N) is 4. The summed E-state index contributed by atoms with van der Waals surface area (Å²) in [5, 5.41) is 13.9. The van der Waals surface area contributed by atoms with Gasteiger partial charge in [0.15, 0.2) is 6.61 Å². The van der Waals surface area contributed by atoms with E-state index in [2.05, 4.69) is 33.0 Å². The van der Waals surface area contributed by atoms with Crippen LogP contribution in [0.25, 0.3) is 5.69 Å². The zero-order chi connectivity index (χ0) is 17.3. The van der Waals surface area contributed by atoms with E-state index in [9.17, 15) is 4.79 Å². The molecule has 0 aliphatic heterocycles. The molecule has 0 aliphatic rings. The smallest absolute Gasteiger partial charge is 0.257 e. The Hall–Kier alpha value is -3.22. The first-order chi connectivity index (χ1) is 12.3. The maximum atomic E-state index is 11.9. The van der Waals surface area contributed by atoms with Crippen LogP contribution in [-0.2, 0) is 11.2 Å². The first-order valence-electron chi connectivity index (χ1n) is 8.08. The summed E-state index contributed by atoms with van der Waals surface area (Å²) < 4.78 is 7.05. The molecule has 0 spiro atoms. The summed E-state index contributed by atoms with van der Waals surface area (Å²) >= 11 is 0. The van der Waals surface area contributed by atoms with Crippen molar-refractivity contribution in [1.82, 2.24) is 25.5 Å². The van der Waals surface area contributed by atoms with Gasteiger partial charge in [0.1, 0.15) is 12.1 Å². The van der Waals surface area contributed by atoms with Gasteiger partial charge in [0, 0.05) is 12.6 Å². The number of rotatable bonds is 8. The molecule has 0 atom stereocenters. The molecule has 25 heavy (non-hydrogen) atoms. The lowest BCUT2D eigenvalue weighted by atomic mass is 10.1. The number of carbonyl (C=O) groups excluding carboxylic acids is 1. The van der Waals surface area contributed by atoms with E-state index in [-0.39, 0.29) is 12.5 Å². The monoisotopic (exact) mass is 337 g/mol. The Bertz CT molecular complexity index is 790. The zero-order valence-electron chi connectivity index (χ0n) is 13.7. The van der Waals surface area contributed by atoms with Crippen molar-refractivity contribution in [3.05, 3.63) is 66.5 Å². The first kappa shape index (κ1) is 16.6.